The molecule has 138 valence electrons. The monoisotopic (exact) mass is 379 g/mol. The molecular formula is C29H17N. The number of hydrogen-bond donors (Lipinski definition) is 0. The van der Waals surface area contributed by atoms with Crippen LogP contribution in [0, 0.1) is 11.3 Å². The molecule has 0 radical (unpaired) electrons. The van der Waals surface area contributed by atoms with Crippen LogP contribution in [0.3, 0.4) is 0 Å². The van der Waals surface area contributed by atoms with Gasteiger partial charge in [0.05, 0.1) is 11.6 Å². The van der Waals surface area contributed by atoms with Crippen LogP contribution in [0.4, 0.5) is 0 Å². The molecule has 0 saturated heterocycles. The van der Waals surface area contributed by atoms with Crippen molar-refractivity contribution in [2.24, 2.45) is 0 Å². The summed E-state index contributed by atoms with van der Waals surface area (Å²) in [6.45, 7) is 0. The highest BCUT2D eigenvalue weighted by atomic mass is 14.2. The van der Waals surface area contributed by atoms with Crippen molar-refractivity contribution in [3.05, 3.63) is 109 Å². The molecule has 0 saturated carbocycles. The summed E-state index contributed by atoms with van der Waals surface area (Å²) >= 11 is 0. The zero-order valence-electron chi connectivity index (χ0n) is 16.3. The predicted molar refractivity (Wildman–Crippen MR) is 124 cm³/mol. The van der Waals surface area contributed by atoms with Crippen molar-refractivity contribution in [2.45, 2.75) is 0 Å². The summed E-state index contributed by atoms with van der Waals surface area (Å²) in [6.07, 6.45) is 0. The summed E-state index contributed by atoms with van der Waals surface area (Å²) in [4.78, 5) is 0. The maximum atomic E-state index is 9.15. The Bertz CT molecular complexity index is 1480. The highest BCUT2D eigenvalue weighted by Crippen LogP contribution is 2.48. The molecule has 0 unspecified atom stereocenters. The Labute approximate surface area is 175 Å². The third-order valence-corrected chi connectivity index (χ3v) is 6.05. The highest BCUT2D eigenvalue weighted by Gasteiger charge is 2.21. The molecule has 1 aliphatic rings. The van der Waals surface area contributed by atoms with Gasteiger partial charge in [-0.2, -0.15) is 5.26 Å². The van der Waals surface area contributed by atoms with E-state index in [0.717, 1.165) is 11.1 Å². The molecule has 0 atom stereocenters. The Balaban J connectivity index is 1.42. The second-order valence-electron chi connectivity index (χ2n) is 7.74. The molecule has 0 fully saturated rings. The molecule has 0 bridgehead atoms. The van der Waals surface area contributed by atoms with Crippen molar-refractivity contribution in [2.75, 3.05) is 0 Å². The van der Waals surface area contributed by atoms with Gasteiger partial charge in [0, 0.05) is 0 Å². The Morgan fingerprint density at radius 3 is 1.77 bits per heavy atom. The molecule has 1 heteroatoms. The van der Waals surface area contributed by atoms with E-state index >= 15 is 0 Å². The average Bonchev–Trinajstić information content (AvgIpc) is 3.14. The van der Waals surface area contributed by atoms with Gasteiger partial charge in [-0.3, -0.25) is 0 Å². The first-order valence-electron chi connectivity index (χ1n) is 10.1. The molecule has 5 aromatic carbocycles. The largest absolute Gasteiger partial charge is 0.192 e. The summed E-state index contributed by atoms with van der Waals surface area (Å²) in [5.41, 5.74) is 10.6. The van der Waals surface area contributed by atoms with Gasteiger partial charge in [0.15, 0.2) is 0 Å². The summed E-state index contributed by atoms with van der Waals surface area (Å²) in [7, 11) is 0. The van der Waals surface area contributed by atoms with Gasteiger partial charge in [0.2, 0.25) is 0 Å². The van der Waals surface area contributed by atoms with Crippen molar-refractivity contribution in [3.8, 4) is 50.6 Å². The lowest BCUT2D eigenvalue weighted by Gasteiger charge is -2.08. The quantitative estimate of drug-likeness (QED) is 0.302. The van der Waals surface area contributed by atoms with Gasteiger partial charge in [-0.15, -0.1) is 0 Å². The van der Waals surface area contributed by atoms with Crippen LogP contribution < -0.4 is 0 Å². The van der Waals surface area contributed by atoms with Crippen molar-refractivity contribution in [3.63, 3.8) is 0 Å². The van der Waals surface area contributed by atoms with Gasteiger partial charge in [0.25, 0.3) is 0 Å². The third kappa shape index (κ3) is 2.48. The second-order valence-corrected chi connectivity index (χ2v) is 7.74. The Kier molecular flexibility index (Phi) is 3.60. The standard InChI is InChI=1S/C29H17N/c30-18-19-4-1-7-23(16-19)20-10-12-21(13-11-20)24-14-15-25-26-8-2-5-22-6-3-9-27(29(22)26)28(25)17-24/h1-17H. The number of benzene rings is 5. The Morgan fingerprint density at radius 1 is 0.467 bits per heavy atom. The molecule has 0 spiro atoms. The fourth-order valence-electron chi connectivity index (χ4n) is 4.59. The number of fused-ring (bicyclic) bond motifs is 3. The van der Waals surface area contributed by atoms with Crippen LogP contribution >= 0.6 is 0 Å². The van der Waals surface area contributed by atoms with E-state index in [-0.39, 0.29) is 0 Å². The van der Waals surface area contributed by atoms with Crippen LogP contribution in [-0.2, 0) is 0 Å². The molecule has 1 nitrogen and oxygen atoms in total. The van der Waals surface area contributed by atoms with Crippen LogP contribution in [0.15, 0.2) is 103 Å². The Morgan fingerprint density at radius 2 is 1.07 bits per heavy atom. The number of nitriles is 1. The zero-order chi connectivity index (χ0) is 20.1. The van der Waals surface area contributed by atoms with Crippen LogP contribution in [-0.4, -0.2) is 0 Å². The van der Waals surface area contributed by atoms with Crippen molar-refractivity contribution in [1.82, 2.24) is 0 Å². The predicted octanol–water partition coefficient (Wildman–Crippen LogP) is 7.69. The summed E-state index contributed by atoms with van der Waals surface area (Å²) < 4.78 is 0. The summed E-state index contributed by atoms with van der Waals surface area (Å²) in [6, 6.07) is 38.5. The molecule has 0 amide bonds. The second kappa shape index (κ2) is 6.44. The van der Waals surface area contributed by atoms with Gasteiger partial charge in [0.1, 0.15) is 0 Å². The molecule has 0 heterocycles. The molecule has 5 aromatic rings. The number of nitrogens with zero attached hydrogens (tertiary/aromatic N) is 1. The summed E-state index contributed by atoms with van der Waals surface area (Å²) in [5, 5.41) is 11.8. The molecule has 1 aliphatic carbocycles. The molecular weight excluding hydrogens is 362 g/mol. The van der Waals surface area contributed by atoms with Crippen LogP contribution in [0.5, 0.6) is 0 Å². The van der Waals surface area contributed by atoms with Crippen molar-refractivity contribution >= 4 is 10.8 Å². The highest BCUT2D eigenvalue weighted by molar-refractivity contribution is 6.15. The number of hydrogen-bond acceptors (Lipinski definition) is 1. The maximum Gasteiger partial charge on any atom is 0.0991 e. The fraction of sp³-hybridized carbons (Fsp3) is 0. The first-order chi connectivity index (χ1) is 14.8. The minimum Gasteiger partial charge on any atom is -0.192 e. The topological polar surface area (TPSA) is 23.8 Å². The van der Waals surface area contributed by atoms with Gasteiger partial charge in [-0.05, 0) is 73.5 Å². The summed E-state index contributed by atoms with van der Waals surface area (Å²) in [5.74, 6) is 0. The van der Waals surface area contributed by atoms with E-state index in [9.17, 15) is 0 Å². The molecule has 6 rings (SSSR count). The van der Waals surface area contributed by atoms with Gasteiger partial charge < -0.3 is 0 Å². The van der Waals surface area contributed by atoms with Crippen LogP contribution in [0.25, 0.3) is 55.3 Å². The first-order valence-corrected chi connectivity index (χ1v) is 10.1. The van der Waals surface area contributed by atoms with E-state index in [1.165, 1.54) is 44.2 Å². The van der Waals surface area contributed by atoms with Gasteiger partial charge in [-0.1, -0.05) is 84.9 Å². The van der Waals surface area contributed by atoms with E-state index in [0.29, 0.717) is 5.56 Å². The van der Waals surface area contributed by atoms with E-state index in [4.69, 9.17) is 5.26 Å². The van der Waals surface area contributed by atoms with E-state index in [1.54, 1.807) is 0 Å². The van der Waals surface area contributed by atoms with E-state index in [1.807, 2.05) is 24.3 Å². The first kappa shape index (κ1) is 16.8. The lowest BCUT2D eigenvalue weighted by molar-refractivity contribution is 1.48. The fourth-order valence-corrected chi connectivity index (χ4v) is 4.59. The zero-order valence-corrected chi connectivity index (χ0v) is 16.3. The Hall–Kier alpha value is -4.15. The van der Waals surface area contributed by atoms with Gasteiger partial charge in [-0.25, -0.2) is 0 Å². The van der Waals surface area contributed by atoms with Gasteiger partial charge >= 0.3 is 0 Å². The van der Waals surface area contributed by atoms with Crippen LogP contribution in [0.2, 0.25) is 0 Å². The smallest absolute Gasteiger partial charge is 0.0991 e. The lowest BCUT2D eigenvalue weighted by atomic mass is 9.96. The minimum atomic E-state index is 0.684. The molecule has 0 N–H and O–H groups in total. The number of rotatable bonds is 2. The van der Waals surface area contributed by atoms with E-state index < -0.39 is 0 Å². The molecule has 0 aliphatic heterocycles. The molecule has 0 aromatic heterocycles. The normalized spacial score (nSPS) is 11.3. The minimum absolute atomic E-state index is 0.684. The third-order valence-electron chi connectivity index (χ3n) is 6.05. The van der Waals surface area contributed by atoms with Crippen molar-refractivity contribution in [1.29, 1.82) is 5.26 Å². The average molecular weight is 379 g/mol. The van der Waals surface area contributed by atoms with E-state index in [2.05, 4.69) is 84.9 Å². The van der Waals surface area contributed by atoms with Crippen LogP contribution in [0.1, 0.15) is 5.56 Å². The molecule has 30 heavy (non-hydrogen) atoms. The maximum absolute atomic E-state index is 9.15. The lowest BCUT2D eigenvalue weighted by Crippen LogP contribution is -1.83. The van der Waals surface area contributed by atoms with Crippen molar-refractivity contribution < 1.29 is 0 Å². The SMILES string of the molecule is N#Cc1cccc(-c2ccc(-c3ccc4c(c3)-c3cccc5cccc-4c35)cc2)c1.